The van der Waals surface area contributed by atoms with Gasteiger partial charge in [-0.3, -0.25) is 0 Å². The molecule has 0 amide bonds. The van der Waals surface area contributed by atoms with Crippen molar-refractivity contribution in [3.63, 3.8) is 0 Å². The number of hydrogen-bond acceptors (Lipinski definition) is 2. The molecule has 0 aliphatic rings. The summed E-state index contributed by atoms with van der Waals surface area (Å²) in [5, 5.41) is 0.180. The van der Waals surface area contributed by atoms with Gasteiger partial charge in [0.15, 0.2) is 8.32 Å². The fraction of sp³-hybridized carbons (Fsp3) is 0.750. The van der Waals surface area contributed by atoms with Gasteiger partial charge in [-0.25, -0.2) is 0 Å². The van der Waals surface area contributed by atoms with Crippen molar-refractivity contribution in [3.05, 3.63) is 24.3 Å². The molecule has 2 nitrogen and oxygen atoms in total. The second-order valence-electron chi connectivity index (χ2n) is 7.81. The van der Waals surface area contributed by atoms with E-state index in [2.05, 4.69) is 65.1 Å². The Kier molecular flexibility index (Phi) is 11.5. The third-order valence-corrected chi connectivity index (χ3v) is 9.14. The maximum Gasteiger partial charge on any atom is 0.192 e. The molecule has 0 bridgehead atoms. The van der Waals surface area contributed by atoms with Crippen molar-refractivity contribution in [2.24, 2.45) is 0 Å². The molecule has 0 rings (SSSR count). The van der Waals surface area contributed by atoms with Gasteiger partial charge in [0.25, 0.3) is 0 Å². The van der Waals surface area contributed by atoms with E-state index < -0.39 is 8.32 Å². The van der Waals surface area contributed by atoms with Crippen LogP contribution in [-0.4, -0.2) is 20.7 Å². The molecule has 0 aromatic heterocycles. The molecule has 0 unspecified atom stereocenters. The molecule has 0 aliphatic heterocycles. The van der Waals surface area contributed by atoms with Gasteiger partial charge >= 0.3 is 0 Å². The van der Waals surface area contributed by atoms with Gasteiger partial charge in [-0.1, -0.05) is 64.8 Å². The average Bonchev–Trinajstić information content (AvgIpc) is 2.44. The SMILES string of the molecule is CCCCC/C=C\C/C=C\C[C@H](CC=O)O[Si](C)(C)C(C)(C)C. The molecule has 0 radical (unpaired) electrons. The van der Waals surface area contributed by atoms with Crippen molar-refractivity contribution in [2.75, 3.05) is 0 Å². The zero-order chi connectivity index (χ0) is 17.8. The summed E-state index contributed by atoms with van der Waals surface area (Å²) in [6, 6.07) is 0. The quantitative estimate of drug-likeness (QED) is 0.177. The van der Waals surface area contributed by atoms with E-state index in [0.29, 0.717) is 6.42 Å². The normalized spacial score (nSPS) is 14.7. The van der Waals surface area contributed by atoms with Crippen LogP contribution in [-0.2, 0) is 9.22 Å². The van der Waals surface area contributed by atoms with Crippen LogP contribution in [0.4, 0.5) is 0 Å². The summed E-state index contributed by atoms with van der Waals surface area (Å²) in [6.45, 7) is 13.4. The van der Waals surface area contributed by atoms with E-state index >= 15 is 0 Å². The zero-order valence-electron chi connectivity index (χ0n) is 16.2. The van der Waals surface area contributed by atoms with Gasteiger partial charge in [0.1, 0.15) is 6.29 Å². The summed E-state index contributed by atoms with van der Waals surface area (Å²) in [5.41, 5.74) is 0. The first kappa shape index (κ1) is 22.3. The molecule has 0 aromatic carbocycles. The van der Waals surface area contributed by atoms with E-state index in [4.69, 9.17) is 4.43 Å². The molecule has 0 fully saturated rings. The van der Waals surface area contributed by atoms with Crippen LogP contribution in [0.2, 0.25) is 18.1 Å². The van der Waals surface area contributed by atoms with E-state index in [-0.39, 0.29) is 11.1 Å². The van der Waals surface area contributed by atoms with Gasteiger partial charge in [-0.2, -0.15) is 0 Å². The summed E-state index contributed by atoms with van der Waals surface area (Å²) in [6.07, 6.45) is 17.2. The van der Waals surface area contributed by atoms with E-state index in [1.807, 2.05) is 0 Å². The molecule has 1 atom stereocenters. The molecule has 0 aromatic rings. The number of allylic oxidation sites excluding steroid dienone is 3. The third kappa shape index (κ3) is 10.7. The van der Waals surface area contributed by atoms with E-state index in [9.17, 15) is 4.79 Å². The average molecular weight is 339 g/mol. The highest BCUT2D eigenvalue weighted by Crippen LogP contribution is 2.37. The minimum atomic E-state index is -1.81. The van der Waals surface area contributed by atoms with Crippen LogP contribution in [0.1, 0.15) is 72.6 Å². The molecule has 0 heterocycles. The third-order valence-electron chi connectivity index (χ3n) is 4.61. The first-order chi connectivity index (χ1) is 10.7. The fourth-order valence-electron chi connectivity index (χ4n) is 2.04. The van der Waals surface area contributed by atoms with Crippen molar-refractivity contribution in [1.82, 2.24) is 0 Å². The monoisotopic (exact) mass is 338 g/mol. The molecular formula is C20H38O2Si. The Balaban J connectivity index is 4.23. The fourth-order valence-corrected chi connectivity index (χ4v) is 3.42. The largest absolute Gasteiger partial charge is 0.413 e. The molecule has 0 N–H and O–H groups in total. The number of aldehydes is 1. The predicted octanol–water partition coefficient (Wildman–Crippen LogP) is 6.44. The molecule has 134 valence electrons. The minimum absolute atomic E-state index is 0.0261. The number of carbonyl (C=O) groups is 1. The molecule has 0 aliphatic carbocycles. The van der Waals surface area contributed by atoms with Crippen molar-refractivity contribution >= 4 is 14.6 Å². The molecular weight excluding hydrogens is 300 g/mol. The van der Waals surface area contributed by atoms with Crippen LogP contribution >= 0.6 is 0 Å². The maximum absolute atomic E-state index is 10.9. The highest BCUT2D eigenvalue weighted by atomic mass is 28.4. The lowest BCUT2D eigenvalue weighted by molar-refractivity contribution is -0.109. The summed E-state index contributed by atoms with van der Waals surface area (Å²) in [5.74, 6) is 0. The second-order valence-corrected chi connectivity index (χ2v) is 12.6. The lowest BCUT2D eigenvalue weighted by Crippen LogP contribution is -2.44. The van der Waals surface area contributed by atoms with Gasteiger partial charge in [0, 0.05) is 6.42 Å². The number of hydrogen-bond donors (Lipinski definition) is 0. The number of carbonyl (C=O) groups excluding carboxylic acids is 1. The minimum Gasteiger partial charge on any atom is -0.413 e. The van der Waals surface area contributed by atoms with E-state index in [1.165, 1.54) is 25.7 Å². The maximum atomic E-state index is 10.9. The van der Waals surface area contributed by atoms with Crippen LogP contribution in [0.25, 0.3) is 0 Å². The molecule has 0 saturated carbocycles. The second kappa shape index (κ2) is 11.8. The van der Waals surface area contributed by atoms with Crippen LogP contribution in [0.5, 0.6) is 0 Å². The first-order valence-electron chi connectivity index (χ1n) is 9.16. The highest BCUT2D eigenvalue weighted by Gasteiger charge is 2.38. The predicted molar refractivity (Wildman–Crippen MR) is 104 cm³/mol. The Labute approximate surface area is 145 Å². The van der Waals surface area contributed by atoms with Gasteiger partial charge < -0.3 is 9.22 Å². The van der Waals surface area contributed by atoms with Crippen LogP contribution < -0.4 is 0 Å². The lowest BCUT2D eigenvalue weighted by Gasteiger charge is -2.38. The van der Waals surface area contributed by atoms with Gasteiger partial charge in [0.2, 0.25) is 0 Å². The molecule has 23 heavy (non-hydrogen) atoms. The van der Waals surface area contributed by atoms with Gasteiger partial charge in [0.05, 0.1) is 6.10 Å². The molecule has 3 heteroatoms. The van der Waals surface area contributed by atoms with E-state index in [0.717, 1.165) is 19.1 Å². The summed E-state index contributed by atoms with van der Waals surface area (Å²) < 4.78 is 6.35. The van der Waals surface area contributed by atoms with Crippen molar-refractivity contribution in [3.8, 4) is 0 Å². The Morgan fingerprint density at radius 1 is 1.00 bits per heavy atom. The van der Waals surface area contributed by atoms with Crippen molar-refractivity contribution < 1.29 is 9.22 Å². The first-order valence-corrected chi connectivity index (χ1v) is 12.1. The summed E-state index contributed by atoms with van der Waals surface area (Å²) in [7, 11) is -1.81. The smallest absolute Gasteiger partial charge is 0.192 e. The van der Waals surface area contributed by atoms with Crippen LogP contribution in [0.3, 0.4) is 0 Å². The Hall–Kier alpha value is -0.673. The van der Waals surface area contributed by atoms with Gasteiger partial charge in [-0.05, 0) is 43.8 Å². The topological polar surface area (TPSA) is 26.3 Å². The molecule has 0 spiro atoms. The number of unbranched alkanes of at least 4 members (excludes halogenated alkanes) is 3. The summed E-state index contributed by atoms with van der Waals surface area (Å²) in [4.78, 5) is 10.9. The zero-order valence-corrected chi connectivity index (χ0v) is 17.2. The Morgan fingerprint density at radius 2 is 1.65 bits per heavy atom. The Bertz CT molecular complexity index is 364. The molecule has 0 saturated heterocycles. The van der Waals surface area contributed by atoms with Crippen LogP contribution in [0.15, 0.2) is 24.3 Å². The number of rotatable bonds is 12. The van der Waals surface area contributed by atoms with Gasteiger partial charge in [-0.15, -0.1) is 0 Å². The van der Waals surface area contributed by atoms with Crippen LogP contribution in [0, 0.1) is 0 Å². The summed E-state index contributed by atoms with van der Waals surface area (Å²) >= 11 is 0. The lowest BCUT2D eigenvalue weighted by atomic mass is 10.1. The Morgan fingerprint density at radius 3 is 2.22 bits per heavy atom. The van der Waals surface area contributed by atoms with Crippen molar-refractivity contribution in [2.45, 2.75) is 96.9 Å². The highest BCUT2D eigenvalue weighted by molar-refractivity contribution is 6.74. The van der Waals surface area contributed by atoms with E-state index in [1.54, 1.807) is 0 Å². The standard InChI is InChI=1S/C20H38O2Si/c1-7-8-9-10-11-12-13-14-15-16-19(17-18-21)22-23(5,6)20(2,3)4/h11-12,14-15,18-19H,7-10,13,16-17H2,1-6H3/b12-11-,15-14-/t19-/m1/s1. The van der Waals surface area contributed by atoms with Crippen molar-refractivity contribution in [1.29, 1.82) is 0 Å².